The number of hydrogen-bond acceptors (Lipinski definition) is 3. The van der Waals surface area contributed by atoms with E-state index in [1.807, 2.05) is 97.1 Å². The summed E-state index contributed by atoms with van der Waals surface area (Å²) < 4.78 is -0.831. The maximum absolute atomic E-state index is 14.1. The van der Waals surface area contributed by atoms with Crippen LogP contribution in [-0.2, 0) is 18.7 Å². The highest BCUT2D eigenvalue weighted by molar-refractivity contribution is 9.09. The molecular formula is C32H23BrN2O3. The molecule has 0 N–H and O–H groups in total. The van der Waals surface area contributed by atoms with Crippen LogP contribution < -0.4 is 4.90 Å². The maximum Gasteiger partial charge on any atom is 0.251 e. The fourth-order valence-corrected chi connectivity index (χ4v) is 7.89. The summed E-state index contributed by atoms with van der Waals surface area (Å²) in [6.07, 6.45) is 0. The standard InChI is InChI=1S/C32H23BrN2O3/c33-32-24-17-9-7-15-22(24)27(23-16-8-10-18-25(23)32)28-29(32)31(38)34(30(28)37)19-26(36)35(20-11-3-1-4-12-20)21-13-5-2-6-14-21/h1-18,27-29H,19H2/t27?,28-,29+,32?/m1/s1. The minimum Gasteiger partial charge on any atom is -0.280 e. The molecule has 3 amide bonds. The molecule has 4 aliphatic rings. The first kappa shape index (κ1) is 23.1. The normalized spacial score (nSPS) is 24.6. The largest absolute Gasteiger partial charge is 0.280 e. The second-order valence-electron chi connectivity index (χ2n) is 10.0. The van der Waals surface area contributed by atoms with E-state index >= 15 is 0 Å². The molecule has 186 valence electrons. The van der Waals surface area contributed by atoms with E-state index < -0.39 is 16.2 Å². The SMILES string of the molecule is O=C1[C@@H]2C3c4ccccc4C(Br)(c4ccccc43)[C@@H]2C(=O)N1CC(=O)N(c1ccccc1)c1ccccc1. The highest BCUT2D eigenvalue weighted by Gasteiger charge is 2.67. The van der Waals surface area contributed by atoms with Gasteiger partial charge in [0.15, 0.2) is 0 Å². The Hall–Kier alpha value is -4.03. The average molecular weight is 563 g/mol. The molecule has 2 bridgehead atoms. The third-order valence-corrected chi connectivity index (χ3v) is 9.52. The Morgan fingerprint density at radius 3 is 1.71 bits per heavy atom. The lowest BCUT2D eigenvalue weighted by Crippen LogP contribution is -2.50. The summed E-state index contributed by atoms with van der Waals surface area (Å²) in [4.78, 5) is 44.8. The number of amides is 3. The van der Waals surface area contributed by atoms with E-state index in [4.69, 9.17) is 0 Å². The van der Waals surface area contributed by atoms with Crippen molar-refractivity contribution < 1.29 is 14.4 Å². The van der Waals surface area contributed by atoms with Crippen molar-refractivity contribution in [1.82, 2.24) is 4.90 Å². The van der Waals surface area contributed by atoms with Crippen molar-refractivity contribution in [3.63, 3.8) is 0 Å². The molecule has 0 aromatic heterocycles. The zero-order valence-corrected chi connectivity index (χ0v) is 21.9. The second kappa shape index (κ2) is 8.50. The van der Waals surface area contributed by atoms with Gasteiger partial charge in [-0.2, -0.15) is 0 Å². The van der Waals surface area contributed by atoms with Gasteiger partial charge in [0.25, 0.3) is 5.91 Å². The molecule has 4 aromatic carbocycles. The molecule has 0 saturated carbocycles. The Kier molecular flexibility index (Phi) is 5.17. The molecule has 4 aromatic rings. The van der Waals surface area contributed by atoms with E-state index in [9.17, 15) is 14.4 Å². The van der Waals surface area contributed by atoms with Crippen LogP contribution in [0.25, 0.3) is 0 Å². The highest BCUT2D eigenvalue weighted by atomic mass is 79.9. The Morgan fingerprint density at radius 2 is 1.18 bits per heavy atom. The molecule has 0 spiro atoms. The molecule has 1 fully saturated rings. The molecule has 1 heterocycles. The van der Waals surface area contributed by atoms with Gasteiger partial charge in [-0.1, -0.05) is 101 Å². The number of alkyl halides is 1. The van der Waals surface area contributed by atoms with Crippen LogP contribution in [0.2, 0.25) is 0 Å². The first-order valence-electron chi connectivity index (χ1n) is 12.7. The molecule has 1 aliphatic heterocycles. The van der Waals surface area contributed by atoms with Crippen molar-refractivity contribution in [2.24, 2.45) is 11.8 Å². The van der Waals surface area contributed by atoms with Gasteiger partial charge in [-0.3, -0.25) is 24.2 Å². The van der Waals surface area contributed by atoms with E-state index in [0.29, 0.717) is 11.4 Å². The third-order valence-electron chi connectivity index (χ3n) is 8.18. The number of hydrogen-bond donors (Lipinski definition) is 0. The summed E-state index contributed by atoms with van der Waals surface area (Å²) in [5.74, 6) is -2.36. The minimum absolute atomic E-state index is 0.234. The van der Waals surface area contributed by atoms with Crippen molar-refractivity contribution >= 4 is 45.0 Å². The van der Waals surface area contributed by atoms with Gasteiger partial charge in [-0.25, -0.2) is 0 Å². The van der Waals surface area contributed by atoms with Crippen LogP contribution in [0.4, 0.5) is 11.4 Å². The monoisotopic (exact) mass is 562 g/mol. The first-order chi connectivity index (χ1) is 18.5. The number of benzene rings is 4. The summed E-state index contributed by atoms with van der Waals surface area (Å²) in [6, 6.07) is 34.7. The summed E-state index contributed by atoms with van der Waals surface area (Å²) in [6.45, 7) is -0.322. The second-order valence-corrected chi connectivity index (χ2v) is 11.3. The van der Waals surface area contributed by atoms with Crippen LogP contribution in [0.3, 0.4) is 0 Å². The number of carbonyl (C=O) groups is 3. The summed E-state index contributed by atoms with van der Waals surface area (Å²) in [5, 5.41) is 0. The number of anilines is 2. The molecule has 8 rings (SSSR count). The molecule has 0 radical (unpaired) electrons. The van der Waals surface area contributed by atoms with Crippen LogP contribution in [0.5, 0.6) is 0 Å². The highest BCUT2D eigenvalue weighted by Crippen LogP contribution is 2.66. The van der Waals surface area contributed by atoms with Gasteiger partial charge in [-0.15, -0.1) is 0 Å². The molecular weight excluding hydrogens is 540 g/mol. The minimum atomic E-state index is -0.831. The molecule has 6 heteroatoms. The summed E-state index contributed by atoms with van der Waals surface area (Å²) >= 11 is 4.01. The molecule has 3 aliphatic carbocycles. The summed E-state index contributed by atoms with van der Waals surface area (Å²) in [5.41, 5.74) is 5.53. The van der Waals surface area contributed by atoms with Crippen LogP contribution in [-0.4, -0.2) is 29.2 Å². The van der Waals surface area contributed by atoms with E-state index in [-0.39, 0.29) is 30.2 Å². The number of imide groups is 1. The Labute approximate surface area is 228 Å². The molecule has 1 saturated heterocycles. The number of para-hydroxylation sites is 2. The smallest absolute Gasteiger partial charge is 0.251 e. The van der Waals surface area contributed by atoms with Crippen LogP contribution in [0.1, 0.15) is 28.2 Å². The van der Waals surface area contributed by atoms with Crippen molar-refractivity contribution in [2.45, 2.75) is 10.2 Å². The van der Waals surface area contributed by atoms with Crippen molar-refractivity contribution in [3.05, 3.63) is 131 Å². The first-order valence-corrected chi connectivity index (χ1v) is 13.5. The number of nitrogens with zero attached hydrogens (tertiary/aromatic N) is 2. The number of likely N-dealkylation sites (tertiary alicyclic amines) is 1. The van der Waals surface area contributed by atoms with E-state index in [1.54, 1.807) is 4.90 Å². The maximum atomic E-state index is 14.1. The molecule has 38 heavy (non-hydrogen) atoms. The van der Waals surface area contributed by atoms with E-state index in [1.165, 1.54) is 4.90 Å². The zero-order valence-electron chi connectivity index (χ0n) is 20.3. The van der Waals surface area contributed by atoms with Crippen LogP contribution >= 0.6 is 15.9 Å². The van der Waals surface area contributed by atoms with Gasteiger partial charge in [-0.05, 0) is 46.5 Å². The van der Waals surface area contributed by atoms with Gasteiger partial charge in [0.05, 0.1) is 16.2 Å². The fraction of sp³-hybridized carbons (Fsp3) is 0.156. The van der Waals surface area contributed by atoms with Crippen molar-refractivity contribution in [2.75, 3.05) is 11.4 Å². The van der Waals surface area contributed by atoms with Gasteiger partial charge in [0.1, 0.15) is 6.54 Å². The van der Waals surface area contributed by atoms with Crippen LogP contribution in [0.15, 0.2) is 109 Å². The number of carbonyl (C=O) groups excluding carboxylic acids is 3. The zero-order chi connectivity index (χ0) is 26.0. The number of halogens is 1. The van der Waals surface area contributed by atoms with Gasteiger partial charge >= 0.3 is 0 Å². The topological polar surface area (TPSA) is 57.7 Å². The predicted molar refractivity (Wildman–Crippen MR) is 148 cm³/mol. The summed E-state index contributed by atoms with van der Waals surface area (Å²) in [7, 11) is 0. The van der Waals surface area contributed by atoms with Gasteiger partial charge in [0.2, 0.25) is 11.8 Å². The lowest BCUT2D eigenvalue weighted by molar-refractivity contribution is -0.143. The lowest BCUT2D eigenvalue weighted by Gasteiger charge is -2.51. The van der Waals surface area contributed by atoms with E-state index in [2.05, 4.69) is 28.1 Å². The van der Waals surface area contributed by atoms with Gasteiger partial charge in [0, 0.05) is 17.3 Å². The predicted octanol–water partition coefficient (Wildman–Crippen LogP) is 5.75. The third kappa shape index (κ3) is 3.07. The Balaban J connectivity index is 1.30. The Bertz CT molecular complexity index is 1520. The van der Waals surface area contributed by atoms with Crippen molar-refractivity contribution in [3.8, 4) is 0 Å². The molecule has 5 nitrogen and oxygen atoms in total. The van der Waals surface area contributed by atoms with E-state index in [0.717, 1.165) is 22.3 Å². The fourth-order valence-electron chi connectivity index (χ4n) is 6.69. The lowest BCUT2D eigenvalue weighted by atomic mass is 9.55. The average Bonchev–Trinajstić information content (AvgIpc) is 3.21. The van der Waals surface area contributed by atoms with Crippen LogP contribution in [0, 0.1) is 11.8 Å². The molecule has 2 atom stereocenters. The Morgan fingerprint density at radius 1 is 0.711 bits per heavy atom. The van der Waals surface area contributed by atoms with Gasteiger partial charge < -0.3 is 0 Å². The quantitative estimate of drug-likeness (QED) is 0.235. The van der Waals surface area contributed by atoms with Crippen molar-refractivity contribution in [1.29, 1.82) is 0 Å². The number of rotatable bonds is 4. The molecule has 0 unspecified atom stereocenters.